The number of sulfone groups is 1. The Morgan fingerprint density at radius 1 is 1.27 bits per heavy atom. The molecule has 5 heteroatoms. The fourth-order valence-corrected chi connectivity index (χ4v) is 2.56. The monoisotopic (exact) mass is 249 g/mol. The summed E-state index contributed by atoms with van der Waals surface area (Å²) in [6.07, 6.45) is 0. The Bertz CT molecular complexity index is 404. The van der Waals surface area contributed by atoms with Crippen molar-refractivity contribution in [2.75, 3.05) is 12.3 Å². The van der Waals surface area contributed by atoms with Crippen LogP contribution in [0.4, 0.5) is 0 Å². The molecule has 0 spiro atoms. The van der Waals surface area contributed by atoms with E-state index in [1.54, 1.807) is 0 Å². The van der Waals surface area contributed by atoms with Crippen LogP contribution in [0, 0.1) is 6.92 Å². The second kappa shape index (κ2) is 6.10. The van der Waals surface area contributed by atoms with Gasteiger partial charge in [-0.15, -0.1) is 12.4 Å². The highest BCUT2D eigenvalue weighted by Gasteiger charge is 2.11. The van der Waals surface area contributed by atoms with Gasteiger partial charge < -0.3 is 5.73 Å². The van der Waals surface area contributed by atoms with Gasteiger partial charge in [0.1, 0.15) is 0 Å². The van der Waals surface area contributed by atoms with E-state index >= 15 is 0 Å². The van der Waals surface area contributed by atoms with Crippen LogP contribution in [0.25, 0.3) is 0 Å². The van der Waals surface area contributed by atoms with Crippen molar-refractivity contribution >= 4 is 22.2 Å². The van der Waals surface area contributed by atoms with E-state index in [1.165, 1.54) is 0 Å². The molecule has 0 atom stereocenters. The van der Waals surface area contributed by atoms with E-state index in [2.05, 4.69) is 0 Å². The van der Waals surface area contributed by atoms with E-state index in [1.807, 2.05) is 31.2 Å². The molecule has 1 aromatic rings. The summed E-state index contributed by atoms with van der Waals surface area (Å²) in [7, 11) is -3.03. The lowest BCUT2D eigenvalue weighted by atomic mass is 10.1. The standard InChI is InChI=1S/C10H15NO2S.ClH/c1-9-4-2-3-5-10(9)8-14(12,13)7-6-11;/h2-5H,6-8,11H2,1H3;1H. The van der Waals surface area contributed by atoms with Crippen LogP contribution in [0.3, 0.4) is 0 Å². The van der Waals surface area contributed by atoms with E-state index in [-0.39, 0.29) is 30.5 Å². The summed E-state index contributed by atoms with van der Waals surface area (Å²) in [5, 5.41) is 0. The molecule has 0 saturated carbocycles. The van der Waals surface area contributed by atoms with Crippen LogP contribution in [0.1, 0.15) is 11.1 Å². The van der Waals surface area contributed by atoms with E-state index in [9.17, 15) is 8.42 Å². The topological polar surface area (TPSA) is 60.2 Å². The molecule has 0 fully saturated rings. The van der Waals surface area contributed by atoms with Crippen LogP contribution < -0.4 is 5.73 Å². The van der Waals surface area contributed by atoms with Gasteiger partial charge in [0, 0.05) is 6.54 Å². The minimum absolute atomic E-state index is 0. The first kappa shape index (κ1) is 14.4. The van der Waals surface area contributed by atoms with Crippen molar-refractivity contribution in [1.29, 1.82) is 0 Å². The number of halogens is 1. The van der Waals surface area contributed by atoms with Crippen molar-refractivity contribution in [2.45, 2.75) is 12.7 Å². The Balaban J connectivity index is 0.00000196. The molecule has 2 N–H and O–H groups in total. The molecular weight excluding hydrogens is 234 g/mol. The quantitative estimate of drug-likeness (QED) is 0.875. The number of rotatable bonds is 4. The minimum atomic E-state index is -3.03. The second-order valence-corrected chi connectivity index (χ2v) is 5.49. The molecule has 0 aliphatic heterocycles. The summed E-state index contributed by atoms with van der Waals surface area (Å²) >= 11 is 0. The zero-order valence-electron chi connectivity index (χ0n) is 8.64. The summed E-state index contributed by atoms with van der Waals surface area (Å²) in [4.78, 5) is 0. The molecule has 0 unspecified atom stereocenters. The maximum atomic E-state index is 11.5. The predicted molar refractivity (Wildman–Crippen MR) is 65.0 cm³/mol. The zero-order chi connectivity index (χ0) is 10.6. The van der Waals surface area contributed by atoms with Gasteiger partial charge in [0.15, 0.2) is 9.84 Å². The van der Waals surface area contributed by atoms with Crippen molar-refractivity contribution in [1.82, 2.24) is 0 Å². The molecule has 0 aromatic heterocycles. The number of nitrogens with two attached hydrogens (primary N) is 1. The molecular formula is C10H16ClNO2S. The smallest absolute Gasteiger partial charge is 0.155 e. The van der Waals surface area contributed by atoms with Gasteiger partial charge in [-0.05, 0) is 18.1 Å². The predicted octanol–water partition coefficient (Wildman–Crippen LogP) is 1.29. The largest absolute Gasteiger partial charge is 0.329 e. The molecule has 0 aliphatic carbocycles. The maximum absolute atomic E-state index is 11.5. The molecule has 0 heterocycles. The lowest BCUT2D eigenvalue weighted by Gasteiger charge is -2.05. The van der Waals surface area contributed by atoms with Gasteiger partial charge in [-0.1, -0.05) is 24.3 Å². The molecule has 1 aromatic carbocycles. The van der Waals surface area contributed by atoms with Crippen molar-refractivity contribution in [3.63, 3.8) is 0 Å². The number of hydrogen-bond donors (Lipinski definition) is 1. The third kappa shape index (κ3) is 4.64. The molecule has 86 valence electrons. The van der Waals surface area contributed by atoms with Crippen molar-refractivity contribution in [3.8, 4) is 0 Å². The molecule has 0 amide bonds. The summed E-state index contributed by atoms with van der Waals surface area (Å²) in [5.41, 5.74) is 7.10. The molecule has 0 saturated heterocycles. The van der Waals surface area contributed by atoms with Crippen LogP contribution in [-0.4, -0.2) is 20.7 Å². The highest BCUT2D eigenvalue weighted by Crippen LogP contribution is 2.11. The Morgan fingerprint density at radius 2 is 1.87 bits per heavy atom. The number of aryl methyl sites for hydroxylation is 1. The maximum Gasteiger partial charge on any atom is 0.155 e. The first-order valence-corrected chi connectivity index (χ1v) is 6.32. The average Bonchev–Trinajstić information content (AvgIpc) is 2.08. The summed E-state index contributed by atoms with van der Waals surface area (Å²) in [6, 6.07) is 7.49. The van der Waals surface area contributed by atoms with Crippen molar-refractivity contribution in [3.05, 3.63) is 35.4 Å². The molecule has 15 heavy (non-hydrogen) atoms. The highest BCUT2D eigenvalue weighted by molar-refractivity contribution is 7.90. The second-order valence-electron chi connectivity index (χ2n) is 3.31. The highest BCUT2D eigenvalue weighted by atomic mass is 35.5. The Hall–Kier alpha value is -0.580. The van der Waals surface area contributed by atoms with Crippen LogP contribution in [0.15, 0.2) is 24.3 Å². The first-order valence-electron chi connectivity index (χ1n) is 4.50. The first-order chi connectivity index (χ1) is 6.55. The van der Waals surface area contributed by atoms with Crippen LogP contribution in [-0.2, 0) is 15.6 Å². The van der Waals surface area contributed by atoms with E-state index in [0.717, 1.165) is 11.1 Å². The Labute approximate surface area is 97.0 Å². The third-order valence-electron chi connectivity index (χ3n) is 2.07. The lowest BCUT2D eigenvalue weighted by molar-refractivity contribution is 0.595. The fourth-order valence-electron chi connectivity index (χ4n) is 1.26. The van der Waals surface area contributed by atoms with E-state index in [4.69, 9.17) is 5.73 Å². The normalized spacial score (nSPS) is 10.8. The molecule has 3 nitrogen and oxygen atoms in total. The lowest BCUT2D eigenvalue weighted by Crippen LogP contribution is -2.17. The molecule has 0 radical (unpaired) electrons. The minimum Gasteiger partial charge on any atom is -0.329 e. The van der Waals surface area contributed by atoms with Crippen LogP contribution in [0.2, 0.25) is 0 Å². The number of benzene rings is 1. The SMILES string of the molecule is Cc1ccccc1CS(=O)(=O)CCN.Cl. The van der Waals surface area contributed by atoms with E-state index in [0.29, 0.717) is 0 Å². The Morgan fingerprint density at radius 3 is 2.40 bits per heavy atom. The summed E-state index contributed by atoms with van der Waals surface area (Å²) < 4.78 is 22.9. The van der Waals surface area contributed by atoms with Gasteiger partial charge in [-0.2, -0.15) is 0 Å². The van der Waals surface area contributed by atoms with Gasteiger partial charge in [-0.25, -0.2) is 8.42 Å². The average molecular weight is 250 g/mol. The zero-order valence-corrected chi connectivity index (χ0v) is 10.3. The van der Waals surface area contributed by atoms with Gasteiger partial charge in [0.25, 0.3) is 0 Å². The number of hydrogen-bond acceptors (Lipinski definition) is 3. The summed E-state index contributed by atoms with van der Waals surface area (Å²) in [5.74, 6) is 0.151. The van der Waals surface area contributed by atoms with Gasteiger partial charge in [0.05, 0.1) is 11.5 Å². The van der Waals surface area contributed by atoms with Crippen LogP contribution >= 0.6 is 12.4 Å². The van der Waals surface area contributed by atoms with Crippen molar-refractivity contribution < 1.29 is 8.42 Å². The van der Waals surface area contributed by atoms with Crippen molar-refractivity contribution in [2.24, 2.45) is 5.73 Å². The Kier molecular flexibility index (Phi) is 5.87. The fraction of sp³-hybridized carbons (Fsp3) is 0.400. The van der Waals surface area contributed by atoms with E-state index < -0.39 is 9.84 Å². The summed E-state index contributed by atoms with van der Waals surface area (Å²) in [6.45, 7) is 2.10. The third-order valence-corrected chi connectivity index (χ3v) is 3.67. The van der Waals surface area contributed by atoms with Crippen LogP contribution in [0.5, 0.6) is 0 Å². The molecule has 0 aliphatic rings. The molecule has 0 bridgehead atoms. The van der Waals surface area contributed by atoms with Gasteiger partial charge >= 0.3 is 0 Å². The molecule has 1 rings (SSSR count). The van der Waals surface area contributed by atoms with Gasteiger partial charge in [-0.3, -0.25) is 0 Å². The van der Waals surface area contributed by atoms with Gasteiger partial charge in [0.2, 0.25) is 0 Å².